The van der Waals surface area contributed by atoms with Gasteiger partial charge in [0.25, 0.3) is 0 Å². The molecule has 0 aliphatic heterocycles. The second-order valence-electron chi connectivity index (χ2n) is 19.1. The normalized spacial score (nSPS) is 12.9. The van der Waals surface area contributed by atoms with Crippen LogP contribution in [0.5, 0.6) is 0 Å². The number of hydrogen-bond donors (Lipinski definition) is 0. The number of allylic oxidation sites excluding steroid dienone is 18. The van der Waals surface area contributed by atoms with Crippen LogP contribution in [0, 0.1) is 0 Å². The monoisotopic (exact) mass is 971 g/mol. The fourth-order valence-corrected chi connectivity index (χ4v) is 7.84. The molecule has 1 atom stereocenters. The third-order valence-electron chi connectivity index (χ3n) is 12.2. The number of esters is 3. The van der Waals surface area contributed by atoms with Crippen molar-refractivity contribution in [3.05, 3.63) is 109 Å². The van der Waals surface area contributed by atoms with Crippen molar-refractivity contribution in [3.8, 4) is 0 Å². The van der Waals surface area contributed by atoms with Gasteiger partial charge in [-0.2, -0.15) is 0 Å². The number of carbonyl (C=O) groups is 3. The number of hydrogen-bond acceptors (Lipinski definition) is 6. The molecule has 0 radical (unpaired) electrons. The second-order valence-corrected chi connectivity index (χ2v) is 19.1. The van der Waals surface area contributed by atoms with Crippen LogP contribution in [0.1, 0.15) is 258 Å². The molecule has 0 aromatic rings. The zero-order chi connectivity index (χ0) is 50.7. The topological polar surface area (TPSA) is 78.9 Å². The Morgan fingerprint density at radius 2 is 0.543 bits per heavy atom. The SMILES string of the molecule is CCC\C=C/C=C\C=C/C=C\C=C/CCCCCCCC(=O)OCC(COC(=O)CCCCCCCCCCCCCCCCCC)OC(=O)CCCCCCC\C=C/C=C\C=C/C=C\CCCCC. The van der Waals surface area contributed by atoms with Crippen LogP contribution in [0.3, 0.4) is 0 Å². The number of rotatable bonds is 51. The lowest BCUT2D eigenvalue weighted by Gasteiger charge is -2.18. The first-order valence-electron chi connectivity index (χ1n) is 29.0. The predicted octanol–water partition coefficient (Wildman–Crippen LogP) is 19.5. The van der Waals surface area contributed by atoms with E-state index in [9.17, 15) is 14.4 Å². The summed E-state index contributed by atoms with van der Waals surface area (Å²) in [6, 6.07) is 0. The third-order valence-corrected chi connectivity index (χ3v) is 12.2. The summed E-state index contributed by atoms with van der Waals surface area (Å²) in [4.78, 5) is 38.2. The minimum atomic E-state index is -0.803. The number of carbonyl (C=O) groups excluding carboxylic acids is 3. The molecule has 0 amide bonds. The van der Waals surface area contributed by atoms with Crippen molar-refractivity contribution in [2.24, 2.45) is 0 Å². The molecule has 0 fully saturated rings. The zero-order valence-electron chi connectivity index (χ0n) is 45.5. The highest BCUT2D eigenvalue weighted by Crippen LogP contribution is 2.16. The molecule has 0 aromatic heterocycles. The first-order chi connectivity index (χ1) is 34.5. The van der Waals surface area contributed by atoms with Crippen molar-refractivity contribution in [3.63, 3.8) is 0 Å². The van der Waals surface area contributed by atoms with Gasteiger partial charge >= 0.3 is 17.9 Å². The molecular weight excluding hydrogens is 865 g/mol. The van der Waals surface area contributed by atoms with E-state index in [0.717, 1.165) is 109 Å². The summed E-state index contributed by atoms with van der Waals surface area (Å²) in [6.45, 7) is 6.48. The molecule has 0 aromatic carbocycles. The average Bonchev–Trinajstić information content (AvgIpc) is 3.36. The van der Waals surface area contributed by atoms with Gasteiger partial charge in [-0.25, -0.2) is 0 Å². The van der Waals surface area contributed by atoms with Gasteiger partial charge in [-0.1, -0.05) is 284 Å². The minimum Gasteiger partial charge on any atom is -0.462 e. The molecule has 0 N–H and O–H groups in total. The number of ether oxygens (including phenoxy) is 3. The second kappa shape index (κ2) is 57.6. The van der Waals surface area contributed by atoms with Crippen LogP contribution >= 0.6 is 0 Å². The fourth-order valence-electron chi connectivity index (χ4n) is 7.84. The van der Waals surface area contributed by atoms with E-state index in [1.165, 1.54) is 109 Å². The Morgan fingerprint density at radius 1 is 0.286 bits per heavy atom. The fraction of sp³-hybridized carbons (Fsp3) is 0.672. The molecular formula is C64H106O6. The van der Waals surface area contributed by atoms with Crippen molar-refractivity contribution in [1.82, 2.24) is 0 Å². The van der Waals surface area contributed by atoms with Gasteiger partial charge in [-0.05, 0) is 64.2 Å². The van der Waals surface area contributed by atoms with Crippen LogP contribution in [0.25, 0.3) is 0 Å². The van der Waals surface area contributed by atoms with Crippen molar-refractivity contribution in [2.75, 3.05) is 13.2 Å². The lowest BCUT2D eigenvalue weighted by molar-refractivity contribution is -0.167. The van der Waals surface area contributed by atoms with Gasteiger partial charge in [0.05, 0.1) is 0 Å². The Kier molecular flexibility index (Phi) is 54.4. The standard InChI is InChI=1S/C64H106O6/c1-4-7-10-13-16-19-22-25-28-31-33-36-39-42-45-48-51-54-57-63(66)69-60-61(59-68-62(65)56-53-50-47-44-41-38-35-30-27-24-21-18-15-12-9-6-3)70-64(67)58-55-52-49-46-43-40-37-34-32-29-26-23-20-17-14-11-8-5-2/h10,13,16-17,19-20,22-23,25-26,28-29,31-34,36-37,61H,4-9,11-12,14-15,18,21,24,27,30,35,38-60H2,1-3H3/b13-10-,19-16-,20-17-,25-22-,26-23-,31-28-,32-29-,36-33-,37-34-. The Balaban J connectivity index is 4.50. The average molecular weight is 972 g/mol. The molecule has 6 nitrogen and oxygen atoms in total. The van der Waals surface area contributed by atoms with E-state index in [-0.39, 0.29) is 31.1 Å². The Hall–Kier alpha value is -3.93. The number of unbranched alkanes of at least 4 members (excludes halogenated alkanes) is 29. The Morgan fingerprint density at radius 3 is 0.886 bits per heavy atom. The molecule has 0 aliphatic rings. The zero-order valence-corrected chi connectivity index (χ0v) is 45.5. The lowest BCUT2D eigenvalue weighted by Crippen LogP contribution is -2.30. The van der Waals surface area contributed by atoms with Crippen LogP contribution in [0.15, 0.2) is 109 Å². The molecule has 398 valence electrons. The van der Waals surface area contributed by atoms with E-state index in [4.69, 9.17) is 14.2 Å². The van der Waals surface area contributed by atoms with Crippen molar-refractivity contribution in [2.45, 2.75) is 264 Å². The molecule has 6 heteroatoms. The summed E-state index contributed by atoms with van der Waals surface area (Å²) in [5.41, 5.74) is 0. The van der Waals surface area contributed by atoms with Crippen LogP contribution in [-0.4, -0.2) is 37.2 Å². The lowest BCUT2D eigenvalue weighted by atomic mass is 10.0. The summed E-state index contributed by atoms with van der Waals surface area (Å²) in [5.74, 6) is -0.941. The van der Waals surface area contributed by atoms with Crippen LogP contribution < -0.4 is 0 Å². The highest BCUT2D eigenvalue weighted by atomic mass is 16.6. The Bertz CT molecular complexity index is 1440. The maximum Gasteiger partial charge on any atom is 0.306 e. The highest BCUT2D eigenvalue weighted by molar-refractivity contribution is 5.71. The molecule has 0 saturated carbocycles. The largest absolute Gasteiger partial charge is 0.462 e. The van der Waals surface area contributed by atoms with Crippen LogP contribution in [-0.2, 0) is 28.6 Å². The minimum absolute atomic E-state index is 0.0961. The first kappa shape index (κ1) is 66.1. The molecule has 0 aliphatic carbocycles. The van der Waals surface area contributed by atoms with Gasteiger partial charge in [-0.15, -0.1) is 0 Å². The third kappa shape index (κ3) is 55.0. The molecule has 1 unspecified atom stereocenters. The molecule has 0 spiro atoms. The van der Waals surface area contributed by atoms with E-state index in [0.29, 0.717) is 19.3 Å². The van der Waals surface area contributed by atoms with E-state index >= 15 is 0 Å². The summed E-state index contributed by atoms with van der Waals surface area (Å²) < 4.78 is 16.8. The molecule has 0 bridgehead atoms. The molecule has 0 heterocycles. The van der Waals surface area contributed by atoms with Crippen molar-refractivity contribution in [1.29, 1.82) is 0 Å². The smallest absolute Gasteiger partial charge is 0.306 e. The van der Waals surface area contributed by atoms with Gasteiger partial charge in [0.1, 0.15) is 13.2 Å². The van der Waals surface area contributed by atoms with Crippen LogP contribution in [0.2, 0.25) is 0 Å². The van der Waals surface area contributed by atoms with Crippen LogP contribution in [0.4, 0.5) is 0 Å². The van der Waals surface area contributed by atoms with Gasteiger partial charge < -0.3 is 14.2 Å². The first-order valence-corrected chi connectivity index (χ1v) is 29.0. The Labute approximate surface area is 431 Å². The summed E-state index contributed by atoms with van der Waals surface area (Å²) >= 11 is 0. The van der Waals surface area contributed by atoms with Crippen molar-refractivity contribution >= 4 is 17.9 Å². The van der Waals surface area contributed by atoms with Gasteiger partial charge in [-0.3, -0.25) is 14.4 Å². The molecule has 70 heavy (non-hydrogen) atoms. The molecule has 0 saturated heterocycles. The van der Waals surface area contributed by atoms with E-state index in [1.54, 1.807) is 0 Å². The maximum absolute atomic E-state index is 12.9. The summed E-state index contributed by atoms with van der Waals surface area (Å²) in [5, 5.41) is 0. The summed E-state index contributed by atoms with van der Waals surface area (Å²) in [7, 11) is 0. The van der Waals surface area contributed by atoms with Crippen molar-refractivity contribution < 1.29 is 28.6 Å². The van der Waals surface area contributed by atoms with Gasteiger partial charge in [0.2, 0.25) is 0 Å². The van der Waals surface area contributed by atoms with Gasteiger partial charge in [0, 0.05) is 19.3 Å². The maximum atomic E-state index is 12.9. The quantitative estimate of drug-likeness (QED) is 0.0262. The summed E-state index contributed by atoms with van der Waals surface area (Å²) in [6.07, 6.45) is 77.7. The van der Waals surface area contributed by atoms with E-state index in [1.807, 2.05) is 24.3 Å². The van der Waals surface area contributed by atoms with E-state index < -0.39 is 6.10 Å². The highest BCUT2D eigenvalue weighted by Gasteiger charge is 2.19. The van der Waals surface area contributed by atoms with Gasteiger partial charge in [0.15, 0.2) is 6.10 Å². The molecule has 0 rings (SSSR count). The predicted molar refractivity (Wildman–Crippen MR) is 302 cm³/mol. The van der Waals surface area contributed by atoms with E-state index in [2.05, 4.69) is 106 Å².